The second-order valence-corrected chi connectivity index (χ2v) is 5.20. The lowest BCUT2D eigenvalue weighted by molar-refractivity contribution is 0.651. The van der Waals surface area contributed by atoms with Gasteiger partial charge in [-0.25, -0.2) is 0 Å². The average Bonchev–Trinajstić information content (AvgIpc) is 2.37. The third-order valence-electron chi connectivity index (χ3n) is 2.93. The summed E-state index contributed by atoms with van der Waals surface area (Å²) in [6.45, 7) is 0. The van der Waals surface area contributed by atoms with Crippen molar-refractivity contribution in [1.82, 2.24) is 0 Å². The highest BCUT2D eigenvalue weighted by Gasteiger charge is 2.06. The molecule has 0 aliphatic carbocycles. The molecule has 0 spiro atoms. The lowest BCUT2D eigenvalue weighted by Gasteiger charge is -2.12. The molecule has 1 nitrogen and oxygen atoms in total. The summed E-state index contributed by atoms with van der Waals surface area (Å²) in [5.41, 5.74) is 8.48. The van der Waals surface area contributed by atoms with E-state index in [4.69, 9.17) is 28.9 Å². The van der Waals surface area contributed by atoms with E-state index in [9.17, 15) is 0 Å². The molecule has 1 unspecified atom stereocenters. The van der Waals surface area contributed by atoms with Gasteiger partial charge in [-0.2, -0.15) is 0 Å². The number of hydrogen-bond donors (Lipinski definition) is 1. The monoisotopic (exact) mass is 279 g/mol. The highest BCUT2D eigenvalue weighted by Crippen LogP contribution is 2.20. The first kappa shape index (κ1) is 13.4. The quantitative estimate of drug-likeness (QED) is 0.868. The molecule has 0 bridgehead atoms. The van der Waals surface area contributed by atoms with Gasteiger partial charge in [0.25, 0.3) is 0 Å². The van der Waals surface area contributed by atoms with Crippen LogP contribution < -0.4 is 5.73 Å². The molecule has 0 aliphatic rings. The van der Waals surface area contributed by atoms with Crippen LogP contribution in [0.3, 0.4) is 0 Å². The number of aryl methyl sites for hydroxylation is 1. The van der Waals surface area contributed by atoms with Crippen LogP contribution in [0.15, 0.2) is 48.5 Å². The molecule has 0 aliphatic heterocycles. The van der Waals surface area contributed by atoms with E-state index in [0.29, 0.717) is 0 Å². The Kier molecular flexibility index (Phi) is 4.65. The first-order chi connectivity index (χ1) is 8.65. The summed E-state index contributed by atoms with van der Waals surface area (Å²) in [5, 5.41) is 1.51. The van der Waals surface area contributed by atoms with Crippen LogP contribution in [-0.4, -0.2) is 0 Å². The van der Waals surface area contributed by atoms with Crippen molar-refractivity contribution in [2.45, 2.75) is 18.9 Å². The molecule has 0 saturated heterocycles. The maximum atomic E-state index is 6.15. The van der Waals surface area contributed by atoms with E-state index in [0.717, 1.165) is 28.5 Å². The van der Waals surface area contributed by atoms with Gasteiger partial charge in [-0.15, -0.1) is 0 Å². The maximum absolute atomic E-state index is 6.15. The van der Waals surface area contributed by atoms with Gasteiger partial charge in [-0.05, 0) is 48.2 Å². The van der Waals surface area contributed by atoms with Gasteiger partial charge in [0.2, 0.25) is 0 Å². The highest BCUT2D eigenvalue weighted by atomic mass is 35.5. The molecule has 0 amide bonds. The minimum atomic E-state index is 0.0289. The van der Waals surface area contributed by atoms with E-state index < -0.39 is 0 Å². The smallest absolute Gasteiger partial charge is 0.0408 e. The molecule has 94 valence electrons. The number of nitrogens with two attached hydrogens (primary N) is 1. The van der Waals surface area contributed by atoms with E-state index in [1.165, 1.54) is 5.56 Å². The Hall–Kier alpha value is -1.02. The summed E-state index contributed by atoms with van der Waals surface area (Å²) >= 11 is 11.8. The zero-order chi connectivity index (χ0) is 13.0. The SMILES string of the molecule is NC(CCc1cccc(Cl)c1)c1ccc(Cl)cc1. The predicted molar refractivity (Wildman–Crippen MR) is 78.2 cm³/mol. The van der Waals surface area contributed by atoms with Gasteiger partial charge in [0.1, 0.15) is 0 Å². The van der Waals surface area contributed by atoms with Gasteiger partial charge in [0.05, 0.1) is 0 Å². The highest BCUT2D eigenvalue weighted by molar-refractivity contribution is 6.30. The molecular formula is C15H15Cl2N. The van der Waals surface area contributed by atoms with Crippen LogP contribution in [0.2, 0.25) is 10.0 Å². The zero-order valence-electron chi connectivity index (χ0n) is 9.94. The van der Waals surface area contributed by atoms with E-state index in [1.54, 1.807) is 0 Å². The third-order valence-corrected chi connectivity index (χ3v) is 3.42. The van der Waals surface area contributed by atoms with Gasteiger partial charge in [0, 0.05) is 16.1 Å². The van der Waals surface area contributed by atoms with Crippen molar-refractivity contribution in [1.29, 1.82) is 0 Å². The average molecular weight is 280 g/mol. The summed E-state index contributed by atoms with van der Waals surface area (Å²) in [7, 11) is 0. The van der Waals surface area contributed by atoms with Crippen molar-refractivity contribution in [3.8, 4) is 0 Å². The molecule has 2 N–H and O–H groups in total. The minimum absolute atomic E-state index is 0.0289. The largest absolute Gasteiger partial charge is 0.324 e. The topological polar surface area (TPSA) is 26.0 Å². The van der Waals surface area contributed by atoms with Gasteiger partial charge < -0.3 is 5.73 Å². The Morgan fingerprint density at radius 1 is 0.944 bits per heavy atom. The molecule has 18 heavy (non-hydrogen) atoms. The lowest BCUT2D eigenvalue weighted by atomic mass is 10.00. The molecular weight excluding hydrogens is 265 g/mol. The van der Waals surface area contributed by atoms with Crippen LogP contribution in [-0.2, 0) is 6.42 Å². The van der Waals surface area contributed by atoms with Gasteiger partial charge in [-0.3, -0.25) is 0 Å². The van der Waals surface area contributed by atoms with Crippen molar-refractivity contribution in [3.63, 3.8) is 0 Å². The van der Waals surface area contributed by atoms with Crippen molar-refractivity contribution >= 4 is 23.2 Å². The summed E-state index contributed by atoms with van der Waals surface area (Å²) in [5.74, 6) is 0. The zero-order valence-corrected chi connectivity index (χ0v) is 11.5. The Morgan fingerprint density at radius 3 is 2.33 bits per heavy atom. The molecule has 2 aromatic rings. The summed E-state index contributed by atoms with van der Waals surface area (Å²) in [6.07, 6.45) is 1.81. The summed E-state index contributed by atoms with van der Waals surface area (Å²) in [6, 6.07) is 15.6. The Balaban J connectivity index is 1.96. The van der Waals surface area contributed by atoms with Gasteiger partial charge in [0.15, 0.2) is 0 Å². The fourth-order valence-electron chi connectivity index (χ4n) is 1.89. The van der Waals surface area contributed by atoms with Gasteiger partial charge >= 0.3 is 0 Å². The van der Waals surface area contributed by atoms with Crippen molar-refractivity contribution in [2.75, 3.05) is 0 Å². The predicted octanol–water partition coefficient (Wildman–Crippen LogP) is 4.63. The van der Waals surface area contributed by atoms with E-state index in [-0.39, 0.29) is 6.04 Å². The summed E-state index contributed by atoms with van der Waals surface area (Å²) in [4.78, 5) is 0. The molecule has 3 heteroatoms. The van der Waals surface area contributed by atoms with E-state index >= 15 is 0 Å². The fourth-order valence-corrected chi connectivity index (χ4v) is 2.23. The van der Waals surface area contributed by atoms with Crippen LogP contribution in [0.25, 0.3) is 0 Å². The standard InChI is InChI=1S/C15H15Cl2N/c16-13-7-5-12(6-8-13)15(18)9-4-11-2-1-3-14(17)10-11/h1-3,5-8,10,15H,4,9,18H2. The van der Waals surface area contributed by atoms with Crippen LogP contribution in [0, 0.1) is 0 Å². The number of rotatable bonds is 4. The van der Waals surface area contributed by atoms with Crippen molar-refractivity contribution < 1.29 is 0 Å². The van der Waals surface area contributed by atoms with Crippen LogP contribution in [0.4, 0.5) is 0 Å². The molecule has 0 saturated carbocycles. The number of benzene rings is 2. The van der Waals surface area contributed by atoms with Crippen LogP contribution in [0.5, 0.6) is 0 Å². The van der Waals surface area contributed by atoms with E-state index in [1.807, 2.05) is 42.5 Å². The molecule has 0 heterocycles. The van der Waals surface area contributed by atoms with Crippen molar-refractivity contribution in [2.24, 2.45) is 5.73 Å². The molecule has 0 fully saturated rings. The summed E-state index contributed by atoms with van der Waals surface area (Å²) < 4.78 is 0. The first-order valence-corrected chi connectivity index (χ1v) is 6.66. The van der Waals surface area contributed by atoms with Crippen LogP contribution in [0.1, 0.15) is 23.6 Å². The Labute approximate surface area is 118 Å². The van der Waals surface area contributed by atoms with Crippen molar-refractivity contribution in [3.05, 3.63) is 69.7 Å². The molecule has 2 aromatic carbocycles. The Morgan fingerprint density at radius 2 is 1.67 bits per heavy atom. The fraction of sp³-hybridized carbons (Fsp3) is 0.200. The second-order valence-electron chi connectivity index (χ2n) is 4.33. The lowest BCUT2D eigenvalue weighted by Crippen LogP contribution is -2.11. The first-order valence-electron chi connectivity index (χ1n) is 5.90. The third kappa shape index (κ3) is 3.74. The maximum Gasteiger partial charge on any atom is 0.0408 e. The number of halogens is 2. The minimum Gasteiger partial charge on any atom is -0.324 e. The van der Waals surface area contributed by atoms with Crippen LogP contribution >= 0.6 is 23.2 Å². The number of hydrogen-bond acceptors (Lipinski definition) is 1. The normalized spacial score (nSPS) is 12.4. The second kappa shape index (κ2) is 6.24. The molecule has 2 rings (SSSR count). The van der Waals surface area contributed by atoms with E-state index in [2.05, 4.69) is 6.07 Å². The molecule has 0 aromatic heterocycles. The molecule has 0 radical (unpaired) electrons. The molecule has 1 atom stereocenters. The van der Waals surface area contributed by atoms with Gasteiger partial charge in [-0.1, -0.05) is 47.5 Å². The Bertz CT molecular complexity index is 508.